The highest BCUT2D eigenvalue weighted by Gasteiger charge is 2.86. The van der Waals surface area contributed by atoms with Gasteiger partial charge >= 0.3 is 5.97 Å². The van der Waals surface area contributed by atoms with Gasteiger partial charge < -0.3 is 19.7 Å². The predicted octanol–water partition coefficient (Wildman–Crippen LogP) is 2.84. The van der Waals surface area contributed by atoms with Crippen molar-refractivity contribution in [2.45, 2.75) is 51.1 Å². The number of rotatable bonds is 3. The van der Waals surface area contributed by atoms with Gasteiger partial charge in [0.1, 0.15) is 17.6 Å². The fourth-order valence-electron chi connectivity index (χ4n) is 8.35. The van der Waals surface area contributed by atoms with Crippen molar-refractivity contribution in [1.82, 2.24) is 4.98 Å². The van der Waals surface area contributed by atoms with Gasteiger partial charge in [0.25, 0.3) is 0 Å². The van der Waals surface area contributed by atoms with Crippen LogP contribution in [0.25, 0.3) is 6.08 Å². The molecule has 4 aliphatic carbocycles. The summed E-state index contributed by atoms with van der Waals surface area (Å²) in [4.78, 5) is 31.0. The van der Waals surface area contributed by atoms with E-state index in [1.807, 2.05) is 0 Å². The Kier molecular flexibility index (Phi) is 4.71. The van der Waals surface area contributed by atoms with Crippen LogP contribution in [0.15, 0.2) is 54.9 Å². The van der Waals surface area contributed by atoms with Gasteiger partial charge in [0.15, 0.2) is 5.78 Å². The molecule has 3 saturated carbocycles. The van der Waals surface area contributed by atoms with Crippen molar-refractivity contribution >= 4 is 17.8 Å². The van der Waals surface area contributed by atoms with Gasteiger partial charge in [-0.15, -0.1) is 0 Å². The van der Waals surface area contributed by atoms with Crippen molar-refractivity contribution in [3.05, 3.63) is 60.5 Å². The van der Waals surface area contributed by atoms with E-state index in [4.69, 9.17) is 9.47 Å². The fraction of sp³-hybridized carbons (Fsp3) is 0.536. The molecule has 0 aromatic carbocycles. The van der Waals surface area contributed by atoms with Gasteiger partial charge in [0, 0.05) is 35.7 Å². The lowest BCUT2D eigenvalue weighted by atomic mass is 9.37. The van der Waals surface area contributed by atoms with E-state index in [1.165, 1.54) is 6.08 Å². The van der Waals surface area contributed by atoms with Gasteiger partial charge in [0.2, 0.25) is 5.79 Å². The number of nitrogens with zero attached hydrogens (tertiary/aromatic N) is 1. The molecule has 0 radical (unpaired) electrons. The molecule has 8 atom stereocenters. The zero-order chi connectivity index (χ0) is 24.8. The number of aliphatic hydroxyl groups excluding tert-OH is 1. The smallest absolute Gasteiger partial charge is 0.331 e. The number of aromatic nitrogens is 1. The first-order chi connectivity index (χ1) is 16.6. The third kappa shape index (κ3) is 2.64. The maximum Gasteiger partial charge on any atom is 0.331 e. The number of pyridine rings is 1. The summed E-state index contributed by atoms with van der Waals surface area (Å²) in [5, 5.41) is 23.8. The van der Waals surface area contributed by atoms with E-state index in [2.05, 4.69) is 37.6 Å². The topological polar surface area (TPSA) is 106 Å². The molecule has 6 aliphatic rings. The minimum absolute atomic E-state index is 0.213. The van der Waals surface area contributed by atoms with Crippen molar-refractivity contribution in [1.29, 1.82) is 0 Å². The van der Waals surface area contributed by atoms with Crippen LogP contribution in [0.5, 0.6) is 0 Å². The maximum atomic E-state index is 14.0. The standard InChI is InChI=1S/C28H31NO6/c1-16-18-6-7-19-26-12-4-11-25(2,3)21(26)23(32)28(33,34-15-26)27(19,22(16)31)24(18)35-20(30)8-5-17-9-13-29-14-10-17/h4-5,8-10,12-14,18-19,21,23-24,32-33H,1,6-7,11,15H2,2-3H3/b8-5+/t18-,19-,21+,23-,24+,26+,27-,28+/m0/s1. The first kappa shape index (κ1) is 22.8. The van der Waals surface area contributed by atoms with E-state index >= 15 is 0 Å². The van der Waals surface area contributed by atoms with E-state index in [9.17, 15) is 19.8 Å². The second kappa shape index (κ2) is 7.21. The highest BCUT2D eigenvalue weighted by molar-refractivity contribution is 6.05. The average Bonchev–Trinajstić information content (AvgIpc) is 2.94. The number of ether oxygens (including phenoxy) is 2. The third-order valence-electron chi connectivity index (χ3n) is 9.60. The summed E-state index contributed by atoms with van der Waals surface area (Å²) in [6, 6.07) is 3.52. The normalized spacial score (nSPS) is 44.9. The molecule has 2 aliphatic heterocycles. The van der Waals surface area contributed by atoms with Crippen LogP contribution in [-0.2, 0) is 19.1 Å². The third-order valence-corrected chi connectivity index (χ3v) is 9.60. The van der Waals surface area contributed by atoms with Crippen molar-refractivity contribution < 1.29 is 29.3 Å². The molecule has 1 aromatic rings. The number of aliphatic hydroxyl groups is 2. The number of hydrogen-bond acceptors (Lipinski definition) is 7. The van der Waals surface area contributed by atoms with Gasteiger partial charge in [-0.1, -0.05) is 32.6 Å². The molecule has 3 heterocycles. The number of fused-ring (bicyclic) bond motifs is 2. The van der Waals surface area contributed by atoms with E-state index in [0.717, 1.165) is 12.0 Å². The second-order valence-electron chi connectivity index (χ2n) is 11.5. The van der Waals surface area contributed by atoms with Gasteiger partial charge in [-0.2, -0.15) is 0 Å². The molecule has 35 heavy (non-hydrogen) atoms. The number of esters is 1. The van der Waals surface area contributed by atoms with E-state index < -0.39 is 40.7 Å². The predicted molar refractivity (Wildman–Crippen MR) is 126 cm³/mol. The van der Waals surface area contributed by atoms with Gasteiger partial charge in [-0.05, 0) is 59.9 Å². The average molecular weight is 478 g/mol. The van der Waals surface area contributed by atoms with Crippen LogP contribution in [0.3, 0.4) is 0 Å². The lowest BCUT2D eigenvalue weighted by molar-refractivity contribution is -0.436. The maximum absolute atomic E-state index is 14.0. The van der Waals surface area contributed by atoms with Crippen LogP contribution in [0.4, 0.5) is 0 Å². The number of carbonyl (C=O) groups excluding carboxylic acids is 2. The molecule has 2 saturated heterocycles. The summed E-state index contributed by atoms with van der Waals surface area (Å²) in [7, 11) is 0. The molecule has 0 amide bonds. The van der Waals surface area contributed by atoms with Crippen LogP contribution >= 0.6 is 0 Å². The highest BCUT2D eigenvalue weighted by Crippen LogP contribution is 2.75. The summed E-state index contributed by atoms with van der Waals surface area (Å²) < 4.78 is 12.1. The Morgan fingerprint density at radius 2 is 2.03 bits per heavy atom. The van der Waals surface area contributed by atoms with E-state index in [1.54, 1.807) is 30.6 Å². The first-order valence-corrected chi connectivity index (χ1v) is 12.3. The molecular weight excluding hydrogens is 446 g/mol. The molecule has 7 nitrogen and oxygen atoms in total. The Labute approximate surface area is 204 Å². The summed E-state index contributed by atoms with van der Waals surface area (Å²) in [6.07, 6.45) is 10.1. The second-order valence-corrected chi connectivity index (χ2v) is 11.5. The summed E-state index contributed by atoms with van der Waals surface area (Å²) >= 11 is 0. The van der Waals surface area contributed by atoms with Crippen molar-refractivity contribution in [3.63, 3.8) is 0 Å². The number of Topliss-reactive ketones (excluding diaryl/α,β-unsaturated/α-hetero) is 1. The van der Waals surface area contributed by atoms with Crippen LogP contribution < -0.4 is 0 Å². The van der Waals surface area contributed by atoms with Crippen LogP contribution in [-0.4, -0.2) is 51.6 Å². The fourth-order valence-corrected chi connectivity index (χ4v) is 8.35. The van der Waals surface area contributed by atoms with Crippen LogP contribution in [0, 0.1) is 34.0 Å². The Morgan fingerprint density at radius 1 is 1.29 bits per heavy atom. The lowest BCUT2D eigenvalue weighted by Gasteiger charge is -2.72. The van der Waals surface area contributed by atoms with Crippen molar-refractivity contribution in [2.24, 2.45) is 34.0 Å². The molecule has 7 rings (SSSR count). The zero-order valence-corrected chi connectivity index (χ0v) is 20.0. The Morgan fingerprint density at radius 3 is 2.77 bits per heavy atom. The SMILES string of the molecule is C=C1C(=O)[C@]23[C@H](OC(=O)/C=C/c4ccncc4)[C@H]1CC[C@H]2[C@]12C=CCC(C)(C)[C@H]1[C@H](O)[C@@]3(O)OC2. The van der Waals surface area contributed by atoms with Gasteiger partial charge in [-0.25, -0.2) is 4.79 Å². The zero-order valence-electron chi connectivity index (χ0n) is 20.0. The number of allylic oxidation sites excluding steroid dienone is 1. The summed E-state index contributed by atoms with van der Waals surface area (Å²) in [6.45, 7) is 8.44. The minimum atomic E-state index is -2.17. The van der Waals surface area contributed by atoms with Crippen molar-refractivity contribution in [2.75, 3.05) is 6.61 Å². The van der Waals surface area contributed by atoms with Crippen molar-refractivity contribution in [3.8, 4) is 0 Å². The van der Waals surface area contributed by atoms with Crippen LogP contribution in [0.2, 0.25) is 0 Å². The quantitative estimate of drug-likeness (QED) is 0.392. The first-order valence-electron chi connectivity index (χ1n) is 12.3. The molecule has 184 valence electrons. The molecule has 2 spiro atoms. The minimum Gasteiger partial charge on any atom is -0.457 e. The molecule has 2 N–H and O–H groups in total. The summed E-state index contributed by atoms with van der Waals surface area (Å²) in [5.74, 6) is -4.20. The molecule has 4 bridgehead atoms. The highest BCUT2D eigenvalue weighted by atomic mass is 16.6. The monoisotopic (exact) mass is 477 g/mol. The molecule has 7 heteroatoms. The Hall–Kier alpha value is -2.61. The van der Waals surface area contributed by atoms with E-state index in [-0.39, 0.29) is 29.6 Å². The molecule has 1 aromatic heterocycles. The number of carbonyl (C=O) groups is 2. The summed E-state index contributed by atoms with van der Waals surface area (Å²) in [5.41, 5.74) is -1.42. The largest absolute Gasteiger partial charge is 0.457 e. The van der Waals surface area contributed by atoms with E-state index in [0.29, 0.717) is 18.4 Å². The van der Waals surface area contributed by atoms with Gasteiger partial charge in [0.05, 0.1) is 6.61 Å². The van der Waals surface area contributed by atoms with Crippen LogP contribution in [0.1, 0.15) is 38.7 Å². The van der Waals surface area contributed by atoms with Gasteiger partial charge in [-0.3, -0.25) is 9.78 Å². The molecule has 0 unspecified atom stereocenters. The lowest BCUT2D eigenvalue weighted by Crippen LogP contribution is -2.83. The molecule has 5 fully saturated rings. The Bertz CT molecular complexity index is 1170. The number of hydrogen-bond donors (Lipinski definition) is 2. The Balaban J connectivity index is 1.45. The molecular formula is C28H31NO6. The number of ketones is 1.